The highest BCUT2D eigenvalue weighted by molar-refractivity contribution is 5.18. The maximum Gasteiger partial charge on any atom is 0.159 e. The van der Waals surface area contributed by atoms with Crippen LogP contribution in [-0.4, -0.2) is 20.5 Å². The first-order valence-electron chi connectivity index (χ1n) is 6.33. The second-order valence-electron chi connectivity index (χ2n) is 4.56. The third-order valence-corrected chi connectivity index (χ3v) is 3.40. The molecular weight excluding hydrogens is 212 g/mol. The second kappa shape index (κ2) is 7.46. The van der Waals surface area contributed by atoms with Gasteiger partial charge in [0.25, 0.3) is 0 Å². The fraction of sp³-hybridized carbons (Fsp3) is 0.600. The van der Waals surface area contributed by atoms with E-state index in [4.69, 9.17) is 9.47 Å². The lowest BCUT2D eigenvalue weighted by Crippen LogP contribution is -2.25. The number of methoxy groups -OCH3 is 2. The molecule has 0 radical (unpaired) electrons. The zero-order valence-electron chi connectivity index (χ0n) is 11.3. The van der Waals surface area contributed by atoms with Crippen molar-refractivity contribution in [3.05, 3.63) is 35.9 Å². The van der Waals surface area contributed by atoms with Crippen molar-refractivity contribution in [2.75, 3.05) is 14.2 Å². The molecule has 0 aliphatic heterocycles. The molecule has 0 spiro atoms. The number of rotatable bonds is 7. The number of benzene rings is 1. The topological polar surface area (TPSA) is 18.5 Å². The van der Waals surface area contributed by atoms with Gasteiger partial charge in [0.2, 0.25) is 0 Å². The second-order valence-corrected chi connectivity index (χ2v) is 4.56. The molecule has 1 aromatic carbocycles. The van der Waals surface area contributed by atoms with Crippen molar-refractivity contribution in [2.24, 2.45) is 5.92 Å². The molecule has 0 amide bonds. The molecule has 0 aromatic heterocycles. The Labute approximate surface area is 105 Å². The standard InChI is InChI=1S/C15H24O2/c1-5-13(15(16-3)17-4)11-12(2)14-9-7-6-8-10-14/h6-10,12-13,15H,5,11H2,1-4H3. The van der Waals surface area contributed by atoms with E-state index in [9.17, 15) is 0 Å². The van der Waals surface area contributed by atoms with Crippen molar-refractivity contribution >= 4 is 0 Å². The first-order valence-corrected chi connectivity index (χ1v) is 6.33. The summed E-state index contributed by atoms with van der Waals surface area (Å²) in [5.41, 5.74) is 1.39. The third kappa shape index (κ3) is 4.14. The van der Waals surface area contributed by atoms with Crippen LogP contribution in [0, 0.1) is 5.92 Å². The molecule has 2 nitrogen and oxygen atoms in total. The van der Waals surface area contributed by atoms with Crippen molar-refractivity contribution in [3.8, 4) is 0 Å². The SMILES string of the molecule is CCC(CC(C)c1ccccc1)C(OC)OC. The average Bonchev–Trinajstić information content (AvgIpc) is 2.39. The molecule has 0 fully saturated rings. The van der Waals surface area contributed by atoms with Crippen LogP contribution in [0.5, 0.6) is 0 Å². The molecule has 1 rings (SSSR count). The van der Waals surface area contributed by atoms with Gasteiger partial charge in [0.1, 0.15) is 0 Å². The van der Waals surface area contributed by atoms with Crippen LogP contribution < -0.4 is 0 Å². The minimum Gasteiger partial charge on any atom is -0.356 e. The molecule has 0 N–H and O–H groups in total. The fourth-order valence-corrected chi connectivity index (χ4v) is 2.32. The smallest absolute Gasteiger partial charge is 0.159 e. The van der Waals surface area contributed by atoms with Gasteiger partial charge in [0.05, 0.1) is 0 Å². The predicted molar refractivity (Wildman–Crippen MR) is 71.1 cm³/mol. The maximum atomic E-state index is 5.37. The lowest BCUT2D eigenvalue weighted by Gasteiger charge is -2.26. The highest BCUT2D eigenvalue weighted by Gasteiger charge is 2.21. The minimum absolute atomic E-state index is 0.0915. The van der Waals surface area contributed by atoms with E-state index in [2.05, 4.69) is 44.2 Å². The Morgan fingerprint density at radius 1 is 1.06 bits per heavy atom. The van der Waals surface area contributed by atoms with Gasteiger partial charge in [-0.2, -0.15) is 0 Å². The first kappa shape index (κ1) is 14.2. The molecule has 0 heterocycles. The van der Waals surface area contributed by atoms with Crippen molar-refractivity contribution < 1.29 is 9.47 Å². The summed E-state index contributed by atoms with van der Waals surface area (Å²) in [5, 5.41) is 0. The van der Waals surface area contributed by atoms with Crippen molar-refractivity contribution in [2.45, 2.75) is 38.9 Å². The Morgan fingerprint density at radius 2 is 1.65 bits per heavy atom. The van der Waals surface area contributed by atoms with Gasteiger partial charge < -0.3 is 9.47 Å². The molecule has 1 aromatic rings. The summed E-state index contributed by atoms with van der Waals surface area (Å²) in [5.74, 6) is 0.981. The van der Waals surface area contributed by atoms with Gasteiger partial charge in [-0.1, -0.05) is 44.2 Å². The summed E-state index contributed by atoms with van der Waals surface area (Å²) < 4.78 is 10.7. The Bertz CT molecular complexity index is 293. The fourth-order valence-electron chi connectivity index (χ4n) is 2.32. The molecule has 2 heteroatoms. The van der Waals surface area contributed by atoms with Crippen LogP contribution in [0.25, 0.3) is 0 Å². The first-order chi connectivity index (χ1) is 8.22. The Hall–Kier alpha value is -0.860. The van der Waals surface area contributed by atoms with Gasteiger partial charge in [0, 0.05) is 20.1 Å². The van der Waals surface area contributed by atoms with E-state index in [1.54, 1.807) is 14.2 Å². The molecule has 2 unspecified atom stereocenters. The van der Waals surface area contributed by atoms with E-state index in [-0.39, 0.29) is 6.29 Å². The lowest BCUT2D eigenvalue weighted by atomic mass is 9.88. The number of hydrogen-bond acceptors (Lipinski definition) is 2. The normalized spacial score (nSPS) is 14.9. The van der Waals surface area contributed by atoms with E-state index in [0.29, 0.717) is 11.8 Å². The summed E-state index contributed by atoms with van der Waals surface area (Å²) in [6, 6.07) is 10.6. The van der Waals surface area contributed by atoms with Crippen LogP contribution >= 0.6 is 0 Å². The summed E-state index contributed by atoms with van der Waals surface area (Å²) >= 11 is 0. The zero-order chi connectivity index (χ0) is 12.7. The number of hydrogen-bond donors (Lipinski definition) is 0. The van der Waals surface area contributed by atoms with Crippen LogP contribution in [0.1, 0.15) is 38.2 Å². The van der Waals surface area contributed by atoms with Crippen LogP contribution in [-0.2, 0) is 9.47 Å². The Kier molecular flexibility index (Phi) is 6.23. The number of ether oxygens (including phenoxy) is 2. The van der Waals surface area contributed by atoms with Crippen LogP contribution in [0.15, 0.2) is 30.3 Å². The molecule has 2 atom stereocenters. The largest absolute Gasteiger partial charge is 0.356 e. The van der Waals surface area contributed by atoms with E-state index in [1.165, 1.54) is 5.56 Å². The molecule has 0 bridgehead atoms. The zero-order valence-corrected chi connectivity index (χ0v) is 11.3. The molecule has 0 aliphatic carbocycles. The van der Waals surface area contributed by atoms with Crippen LogP contribution in [0.3, 0.4) is 0 Å². The summed E-state index contributed by atoms with van der Waals surface area (Å²) in [4.78, 5) is 0. The molecule has 0 saturated carbocycles. The van der Waals surface area contributed by atoms with Crippen LogP contribution in [0.2, 0.25) is 0 Å². The summed E-state index contributed by atoms with van der Waals surface area (Å²) in [6.07, 6.45) is 2.07. The maximum absolute atomic E-state index is 5.37. The highest BCUT2D eigenvalue weighted by atomic mass is 16.7. The molecule has 0 aliphatic rings. The van der Waals surface area contributed by atoms with Gasteiger partial charge in [-0.25, -0.2) is 0 Å². The molecular formula is C15H24O2. The van der Waals surface area contributed by atoms with E-state index in [0.717, 1.165) is 12.8 Å². The third-order valence-electron chi connectivity index (χ3n) is 3.40. The van der Waals surface area contributed by atoms with Gasteiger partial charge in [-0.05, 0) is 24.3 Å². The van der Waals surface area contributed by atoms with E-state index >= 15 is 0 Å². The van der Waals surface area contributed by atoms with Gasteiger partial charge >= 0.3 is 0 Å². The molecule has 0 saturated heterocycles. The highest BCUT2D eigenvalue weighted by Crippen LogP contribution is 2.28. The summed E-state index contributed by atoms with van der Waals surface area (Å²) in [6.45, 7) is 4.45. The van der Waals surface area contributed by atoms with Crippen LogP contribution in [0.4, 0.5) is 0 Å². The minimum atomic E-state index is -0.0915. The monoisotopic (exact) mass is 236 g/mol. The lowest BCUT2D eigenvalue weighted by molar-refractivity contribution is -0.140. The van der Waals surface area contributed by atoms with Gasteiger partial charge in [-0.3, -0.25) is 0 Å². The van der Waals surface area contributed by atoms with Crippen molar-refractivity contribution in [1.82, 2.24) is 0 Å². The van der Waals surface area contributed by atoms with Crippen molar-refractivity contribution in [1.29, 1.82) is 0 Å². The molecule has 96 valence electrons. The quantitative estimate of drug-likeness (QED) is 0.670. The average molecular weight is 236 g/mol. The summed E-state index contributed by atoms with van der Waals surface area (Å²) in [7, 11) is 3.42. The van der Waals surface area contributed by atoms with Gasteiger partial charge in [0.15, 0.2) is 6.29 Å². The van der Waals surface area contributed by atoms with E-state index < -0.39 is 0 Å². The Balaban J connectivity index is 2.62. The molecule has 17 heavy (non-hydrogen) atoms. The van der Waals surface area contributed by atoms with Crippen molar-refractivity contribution in [3.63, 3.8) is 0 Å². The van der Waals surface area contributed by atoms with E-state index in [1.807, 2.05) is 0 Å². The predicted octanol–water partition coefficient (Wildman–Crippen LogP) is 3.83. The Morgan fingerprint density at radius 3 is 2.12 bits per heavy atom. The van der Waals surface area contributed by atoms with Gasteiger partial charge in [-0.15, -0.1) is 0 Å².